The monoisotopic (exact) mass is 240 g/mol. The van der Waals surface area contributed by atoms with E-state index in [1.165, 1.54) is 6.07 Å². The zero-order valence-electron chi connectivity index (χ0n) is 8.46. The van der Waals surface area contributed by atoms with Crippen LogP contribution in [0.3, 0.4) is 0 Å². The molecule has 1 aromatic carbocycles. The van der Waals surface area contributed by atoms with E-state index in [2.05, 4.69) is 0 Å². The highest BCUT2D eigenvalue weighted by Gasteiger charge is 2.23. The summed E-state index contributed by atoms with van der Waals surface area (Å²) >= 11 is 0. The third-order valence-electron chi connectivity index (χ3n) is 2.15. The molecule has 17 heavy (non-hydrogen) atoms. The van der Waals surface area contributed by atoms with Crippen LogP contribution in [0.25, 0.3) is 0 Å². The number of nitrogens with two attached hydrogens (primary N) is 1. The molecule has 2 unspecified atom stereocenters. The Morgan fingerprint density at radius 2 is 2.06 bits per heavy atom. The summed E-state index contributed by atoms with van der Waals surface area (Å²) in [6, 6.07) is 2.82. The minimum atomic E-state index is -1.85. The molecule has 0 aromatic heterocycles. The molecule has 0 heterocycles. The number of aliphatic hydroxyl groups is 2. The quantitative estimate of drug-likeness (QED) is 0.435. The van der Waals surface area contributed by atoms with Gasteiger partial charge in [-0.25, -0.2) is 9.18 Å². The number of nitrogen functional groups attached to an aromatic ring is 1. The highest BCUT2D eigenvalue weighted by Crippen LogP contribution is 2.25. The van der Waals surface area contributed by atoms with E-state index in [1.807, 2.05) is 0 Å². The van der Waals surface area contributed by atoms with Crippen LogP contribution in [0.5, 0.6) is 0 Å². The fourth-order valence-corrected chi connectivity index (χ4v) is 1.26. The number of aromatic carboxylic acids is 1. The third-order valence-corrected chi connectivity index (χ3v) is 2.15. The maximum Gasteiger partial charge on any atom is 0.337 e. The van der Waals surface area contributed by atoms with Crippen LogP contribution in [0, 0.1) is 17.1 Å². The van der Waals surface area contributed by atoms with E-state index in [9.17, 15) is 14.3 Å². The number of nitrogens with zero attached hydrogens (tertiary/aromatic N) is 1. The first-order chi connectivity index (χ1) is 7.88. The van der Waals surface area contributed by atoms with Gasteiger partial charge >= 0.3 is 5.97 Å². The van der Waals surface area contributed by atoms with Gasteiger partial charge in [-0.3, -0.25) is 0 Å². The predicted octanol–water partition coefficient (Wildman–Crippen LogP) is 0.0240. The van der Waals surface area contributed by atoms with Crippen LogP contribution >= 0.6 is 0 Å². The lowest BCUT2D eigenvalue weighted by Crippen LogP contribution is -2.18. The van der Waals surface area contributed by atoms with Crippen LogP contribution in [0.4, 0.5) is 10.1 Å². The number of carboxylic acid groups (broad SMARTS) is 1. The molecule has 1 aromatic rings. The minimum Gasteiger partial charge on any atom is -0.478 e. The molecule has 7 heteroatoms. The first-order valence-electron chi connectivity index (χ1n) is 4.46. The first-order valence-corrected chi connectivity index (χ1v) is 4.46. The first kappa shape index (κ1) is 12.9. The average Bonchev–Trinajstić information content (AvgIpc) is 2.26. The Bertz CT molecular complexity index is 498. The van der Waals surface area contributed by atoms with Gasteiger partial charge < -0.3 is 21.1 Å². The molecule has 0 radical (unpaired) electrons. The summed E-state index contributed by atoms with van der Waals surface area (Å²) < 4.78 is 13.4. The molecule has 2 atom stereocenters. The topological polar surface area (TPSA) is 128 Å². The van der Waals surface area contributed by atoms with E-state index in [0.717, 1.165) is 6.07 Å². The molecule has 0 spiro atoms. The van der Waals surface area contributed by atoms with Crippen molar-refractivity contribution in [1.29, 1.82) is 5.26 Å². The van der Waals surface area contributed by atoms with Crippen LogP contribution < -0.4 is 5.73 Å². The largest absolute Gasteiger partial charge is 0.478 e. The van der Waals surface area contributed by atoms with Gasteiger partial charge in [0.2, 0.25) is 0 Å². The van der Waals surface area contributed by atoms with Crippen molar-refractivity contribution in [2.75, 3.05) is 5.73 Å². The van der Waals surface area contributed by atoms with E-state index in [4.69, 9.17) is 21.2 Å². The van der Waals surface area contributed by atoms with Gasteiger partial charge in [0.25, 0.3) is 0 Å². The summed E-state index contributed by atoms with van der Waals surface area (Å²) in [6.45, 7) is 0. The minimum absolute atomic E-state index is 0.308. The zero-order valence-corrected chi connectivity index (χ0v) is 8.46. The number of hydrogen-bond donors (Lipinski definition) is 4. The second-order valence-electron chi connectivity index (χ2n) is 3.28. The highest BCUT2D eigenvalue weighted by atomic mass is 19.1. The second kappa shape index (κ2) is 4.78. The molecule has 0 amide bonds. The van der Waals surface area contributed by atoms with Crippen molar-refractivity contribution in [1.82, 2.24) is 0 Å². The number of halogens is 1. The summed E-state index contributed by atoms with van der Waals surface area (Å²) in [5, 5.41) is 35.6. The SMILES string of the molecule is N#CC(O)C(O)c1cc(C(=O)O)c(N)cc1F. The number of nitriles is 1. The van der Waals surface area contributed by atoms with Crippen molar-refractivity contribution in [3.05, 3.63) is 29.1 Å². The summed E-state index contributed by atoms with van der Waals surface area (Å²) in [5.74, 6) is -2.39. The third kappa shape index (κ3) is 2.50. The van der Waals surface area contributed by atoms with E-state index >= 15 is 0 Å². The highest BCUT2D eigenvalue weighted by molar-refractivity contribution is 5.93. The van der Waals surface area contributed by atoms with Gasteiger partial charge in [0, 0.05) is 11.3 Å². The van der Waals surface area contributed by atoms with E-state index < -0.39 is 35.1 Å². The Balaban J connectivity index is 3.30. The van der Waals surface area contributed by atoms with Gasteiger partial charge in [-0.2, -0.15) is 5.26 Å². The molecule has 0 aliphatic carbocycles. The van der Waals surface area contributed by atoms with Crippen molar-refractivity contribution in [3.8, 4) is 6.07 Å². The average molecular weight is 240 g/mol. The van der Waals surface area contributed by atoms with Gasteiger partial charge in [0.15, 0.2) is 6.10 Å². The Hall–Kier alpha value is -2.17. The van der Waals surface area contributed by atoms with Gasteiger partial charge in [-0.05, 0) is 12.1 Å². The lowest BCUT2D eigenvalue weighted by atomic mass is 10.0. The number of anilines is 1. The van der Waals surface area contributed by atoms with E-state index in [0.29, 0.717) is 6.07 Å². The maximum absolute atomic E-state index is 13.4. The predicted molar refractivity (Wildman–Crippen MR) is 54.4 cm³/mol. The zero-order chi connectivity index (χ0) is 13.2. The summed E-state index contributed by atoms with van der Waals surface area (Å²) in [5.41, 5.74) is 4.06. The molecule has 0 fully saturated rings. The smallest absolute Gasteiger partial charge is 0.337 e. The molecule has 0 aliphatic heterocycles. The summed E-state index contributed by atoms with van der Waals surface area (Å²) in [7, 11) is 0. The van der Waals surface area contributed by atoms with E-state index in [1.54, 1.807) is 0 Å². The Morgan fingerprint density at radius 1 is 1.47 bits per heavy atom. The normalized spacial score (nSPS) is 13.8. The van der Waals surface area contributed by atoms with Crippen molar-refractivity contribution < 1.29 is 24.5 Å². The molecule has 90 valence electrons. The van der Waals surface area contributed by atoms with Gasteiger partial charge in [-0.15, -0.1) is 0 Å². The molecule has 5 N–H and O–H groups in total. The number of carbonyl (C=O) groups is 1. The van der Waals surface area contributed by atoms with Crippen molar-refractivity contribution in [3.63, 3.8) is 0 Å². The molecular weight excluding hydrogens is 231 g/mol. The maximum atomic E-state index is 13.4. The molecule has 0 saturated heterocycles. The summed E-state index contributed by atoms with van der Waals surface area (Å²) in [4.78, 5) is 10.7. The van der Waals surface area contributed by atoms with Gasteiger partial charge in [0.05, 0.1) is 11.6 Å². The van der Waals surface area contributed by atoms with Crippen molar-refractivity contribution in [2.45, 2.75) is 12.2 Å². The van der Waals surface area contributed by atoms with Crippen LogP contribution in [-0.2, 0) is 0 Å². The molecule has 0 saturated carbocycles. The Kier molecular flexibility index (Phi) is 3.62. The van der Waals surface area contributed by atoms with Gasteiger partial charge in [-0.1, -0.05) is 0 Å². The number of aliphatic hydroxyl groups excluding tert-OH is 2. The number of hydrogen-bond acceptors (Lipinski definition) is 5. The summed E-state index contributed by atoms with van der Waals surface area (Å²) in [6.07, 6.45) is -3.69. The second-order valence-corrected chi connectivity index (χ2v) is 3.28. The fraction of sp³-hybridized carbons (Fsp3) is 0.200. The van der Waals surface area contributed by atoms with Gasteiger partial charge in [0.1, 0.15) is 11.9 Å². The van der Waals surface area contributed by atoms with Crippen LogP contribution in [0.2, 0.25) is 0 Å². The lowest BCUT2D eigenvalue weighted by molar-refractivity contribution is 0.0501. The number of rotatable bonds is 3. The fourth-order valence-electron chi connectivity index (χ4n) is 1.26. The standard InChI is InChI=1S/C10H9FN2O4/c11-6-2-7(13)5(10(16)17)1-4(6)9(15)8(14)3-12/h1-2,8-9,14-15H,13H2,(H,16,17). The van der Waals surface area contributed by atoms with Crippen LogP contribution in [0.1, 0.15) is 22.0 Å². The van der Waals surface area contributed by atoms with Crippen molar-refractivity contribution in [2.24, 2.45) is 0 Å². The van der Waals surface area contributed by atoms with Crippen molar-refractivity contribution >= 4 is 11.7 Å². The van der Waals surface area contributed by atoms with Crippen LogP contribution in [-0.4, -0.2) is 27.4 Å². The Morgan fingerprint density at radius 3 is 2.53 bits per heavy atom. The molecular formula is C10H9FN2O4. The lowest BCUT2D eigenvalue weighted by Gasteiger charge is -2.14. The molecule has 0 bridgehead atoms. The Labute approximate surface area is 95.3 Å². The number of carboxylic acids is 1. The molecule has 6 nitrogen and oxygen atoms in total. The number of benzene rings is 1. The molecule has 0 aliphatic rings. The van der Waals surface area contributed by atoms with Crippen LogP contribution in [0.15, 0.2) is 12.1 Å². The van der Waals surface area contributed by atoms with E-state index in [-0.39, 0.29) is 5.69 Å². The molecule has 1 rings (SSSR count).